The van der Waals surface area contributed by atoms with E-state index in [1.807, 2.05) is 29.0 Å². The smallest absolute Gasteiger partial charge is 0.230 e. The van der Waals surface area contributed by atoms with E-state index in [2.05, 4.69) is 25.2 Å². The zero-order chi connectivity index (χ0) is 24.1. The molecule has 0 radical (unpaired) electrons. The van der Waals surface area contributed by atoms with E-state index in [1.54, 1.807) is 0 Å². The molecule has 1 aliphatic rings. The summed E-state index contributed by atoms with van der Waals surface area (Å²) in [5, 5.41) is 8.55. The van der Waals surface area contributed by atoms with Gasteiger partial charge in [0.1, 0.15) is 11.4 Å². The molecule has 1 aromatic carbocycles. The van der Waals surface area contributed by atoms with Crippen LogP contribution in [-0.4, -0.2) is 51.6 Å². The number of benzene rings is 1. The van der Waals surface area contributed by atoms with E-state index in [4.69, 9.17) is 34.7 Å². The number of nitrogens with zero attached hydrogens (tertiary/aromatic N) is 4. The second-order valence-corrected chi connectivity index (χ2v) is 11.4. The van der Waals surface area contributed by atoms with Gasteiger partial charge in [-0.3, -0.25) is 9.69 Å². The van der Waals surface area contributed by atoms with Crippen molar-refractivity contribution in [2.24, 2.45) is 16.5 Å². The Labute approximate surface area is 219 Å². The van der Waals surface area contributed by atoms with Gasteiger partial charge in [0.05, 0.1) is 15.8 Å². The van der Waals surface area contributed by atoms with Crippen LogP contribution in [0.5, 0.6) is 0 Å². The molecule has 1 saturated heterocycles. The van der Waals surface area contributed by atoms with Gasteiger partial charge in [0, 0.05) is 36.4 Å². The standard InChI is InChI=1S/C21H23Cl2N7OS3/c22-14-2-1-12(7-15(14)23)8-30-5-3-13(4-6-30)26-18(31)11-34-21-28-17(10-33-21)16-9-32-20(27-16)29-19(24)25/h1-2,7,9-10,13H,3-6,8,11H2,(H,26,31)(H4,24,25,27,29). The Bertz CT molecular complexity index is 1170. The van der Waals surface area contributed by atoms with Gasteiger partial charge in [-0.05, 0) is 30.5 Å². The van der Waals surface area contributed by atoms with E-state index in [9.17, 15) is 4.79 Å². The Kier molecular flexibility index (Phi) is 8.67. The van der Waals surface area contributed by atoms with Crippen molar-refractivity contribution < 1.29 is 4.79 Å². The number of halogens is 2. The Balaban J connectivity index is 1.20. The first kappa shape index (κ1) is 25.2. The maximum Gasteiger partial charge on any atom is 0.230 e. The van der Waals surface area contributed by atoms with Gasteiger partial charge in [-0.25, -0.2) is 9.97 Å². The number of rotatable bonds is 8. The molecule has 180 valence electrons. The van der Waals surface area contributed by atoms with Crippen molar-refractivity contribution >= 4 is 74.6 Å². The monoisotopic (exact) mass is 555 g/mol. The van der Waals surface area contributed by atoms with Crippen LogP contribution in [0.3, 0.4) is 0 Å². The van der Waals surface area contributed by atoms with Crippen molar-refractivity contribution in [1.82, 2.24) is 20.2 Å². The van der Waals surface area contributed by atoms with Crippen molar-refractivity contribution in [2.75, 3.05) is 18.8 Å². The Morgan fingerprint density at radius 2 is 1.88 bits per heavy atom. The Morgan fingerprint density at radius 1 is 1.15 bits per heavy atom. The van der Waals surface area contributed by atoms with Crippen LogP contribution in [-0.2, 0) is 11.3 Å². The molecule has 0 saturated carbocycles. The van der Waals surface area contributed by atoms with Crippen LogP contribution in [0.25, 0.3) is 11.4 Å². The molecule has 0 spiro atoms. The second-order valence-electron chi connectivity index (χ2n) is 7.71. The summed E-state index contributed by atoms with van der Waals surface area (Å²) in [6.07, 6.45) is 1.84. The third kappa shape index (κ3) is 7.06. The van der Waals surface area contributed by atoms with Crippen LogP contribution in [0, 0.1) is 0 Å². The average Bonchev–Trinajstić information content (AvgIpc) is 3.45. The predicted octanol–water partition coefficient (Wildman–Crippen LogP) is 4.35. The van der Waals surface area contributed by atoms with Crippen molar-refractivity contribution in [3.63, 3.8) is 0 Å². The number of thiazole rings is 2. The summed E-state index contributed by atoms with van der Waals surface area (Å²) in [7, 11) is 0. The van der Waals surface area contributed by atoms with Crippen LogP contribution in [0.4, 0.5) is 5.13 Å². The fourth-order valence-corrected chi connectivity index (χ4v) is 6.16. The number of hydrogen-bond donors (Lipinski definition) is 3. The van der Waals surface area contributed by atoms with Gasteiger partial charge in [-0.1, -0.05) is 41.0 Å². The van der Waals surface area contributed by atoms with E-state index in [1.165, 1.54) is 34.4 Å². The lowest BCUT2D eigenvalue weighted by molar-refractivity contribution is -0.119. The SMILES string of the molecule is NC(N)=Nc1nc(-c2csc(SCC(=O)NC3CCN(Cc4ccc(Cl)c(Cl)c4)CC3)n2)cs1. The molecule has 0 unspecified atom stereocenters. The highest BCUT2D eigenvalue weighted by Crippen LogP contribution is 2.31. The third-order valence-electron chi connectivity index (χ3n) is 5.13. The highest BCUT2D eigenvalue weighted by atomic mass is 35.5. The zero-order valence-electron chi connectivity index (χ0n) is 18.0. The number of likely N-dealkylation sites (tertiary alicyclic amines) is 1. The van der Waals surface area contributed by atoms with Crippen LogP contribution in [0.2, 0.25) is 10.0 Å². The van der Waals surface area contributed by atoms with Gasteiger partial charge in [0.2, 0.25) is 11.0 Å². The summed E-state index contributed by atoms with van der Waals surface area (Å²) >= 11 is 16.4. The topological polar surface area (TPSA) is 123 Å². The average molecular weight is 557 g/mol. The van der Waals surface area contributed by atoms with Gasteiger partial charge < -0.3 is 16.8 Å². The van der Waals surface area contributed by atoms with Crippen molar-refractivity contribution in [2.45, 2.75) is 29.8 Å². The molecule has 5 N–H and O–H groups in total. The predicted molar refractivity (Wildman–Crippen MR) is 142 cm³/mol. The quantitative estimate of drug-likeness (QED) is 0.214. The molecule has 0 atom stereocenters. The number of nitrogens with one attached hydrogen (secondary N) is 1. The lowest BCUT2D eigenvalue weighted by atomic mass is 10.0. The molecule has 4 rings (SSSR count). The minimum absolute atomic E-state index is 0.0217. The highest BCUT2D eigenvalue weighted by Gasteiger charge is 2.21. The molecule has 2 aromatic heterocycles. The number of guanidine groups is 1. The van der Waals surface area contributed by atoms with Crippen LogP contribution in [0.15, 0.2) is 38.3 Å². The number of aliphatic imine (C=N–C) groups is 1. The summed E-state index contributed by atoms with van der Waals surface area (Å²) in [5.41, 5.74) is 13.4. The van der Waals surface area contributed by atoms with E-state index < -0.39 is 0 Å². The molecule has 3 heterocycles. The van der Waals surface area contributed by atoms with Gasteiger partial charge in [0.25, 0.3) is 0 Å². The maximum absolute atomic E-state index is 12.5. The van der Waals surface area contributed by atoms with Crippen molar-refractivity contribution in [1.29, 1.82) is 0 Å². The molecule has 1 fully saturated rings. The van der Waals surface area contributed by atoms with Crippen molar-refractivity contribution in [3.05, 3.63) is 44.6 Å². The van der Waals surface area contributed by atoms with Gasteiger partial charge >= 0.3 is 0 Å². The molecule has 8 nitrogen and oxygen atoms in total. The zero-order valence-corrected chi connectivity index (χ0v) is 22.0. The van der Waals surface area contributed by atoms with E-state index in [0.717, 1.165) is 48.1 Å². The largest absolute Gasteiger partial charge is 0.370 e. The molecule has 13 heteroatoms. The molecular weight excluding hydrogens is 533 g/mol. The number of thioether (sulfide) groups is 1. The minimum atomic E-state index is -0.0291. The normalized spacial score (nSPS) is 14.8. The Hall–Kier alpha value is -1.89. The molecular formula is C21H23Cl2N7OS3. The minimum Gasteiger partial charge on any atom is -0.370 e. The van der Waals surface area contributed by atoms with E-state index in [0.29, 0.717) is 26.6 Å². The van der Waals surface area contributed by atoms with E-state index >= 15 is 0 Å². The lowest BCUT2D eigenvalue weighted by Crippen LogP contribution is -2.44. The molecule has 3 aromatic rings. The number of hydrogen-bond acceptors (Lipinski definition) is 8. The maximum atomic E-state index is 12.5. The van der Waals surface area contributed by atoms with Gasteiger partial charge in [-0.15, -0.1) is 22.7 Å². The number of amides is 1. The third-order valence-corrected chi connectivity index (χ3v) is 8.63. The summed E-state index contributed by atoms with van der Waals surface area (Å²) in [6.45, 7) is 2.67. The molecule has 0 bridgehead atoms. The van der Waals surface area contributed by atoms with Crippen LogP contribution in [0.1, 0.15) is 18.4 Å². The number of carbonyl (C=O) groups is 1. The van der Waals surface area contributed by atoms with E-state index in [-0.39, 0.29) is 17.9 Å². The number of aromatic nitrogens is 2. The van der Waals surface area contributed by atoms with Crippen LogP contribution < -0.4 is 16.8 Å². The first-order chi connectivity index (χ1) is 16.4. The fourth-order valence-electron chi connectivity index (χ4n) is 3.51. The first-order valence-electron chi connectivity index (χ1n) is 10.4. The van der Waals surface area contributed by atoms with Crippen molar-refractivity contribution in [3.8, 4) is 11.4 Å². The summed E-state index contributed by atoms with van der Waals surface area (Å²) in [4.78, 5) is 27.7. The first-order valence-corrected chi connectivity index (χ1v) is 14.0. The second kappa shape index (κ2) is 11.7. The number of carbonyl (C=O) groups excluding carboxylic acids is 1. The molecule has 0 aliphatic carbocycles. The summed E-state index contributed by atoms with van der Waals surface area (Å²) in [6, 6.07) is 5.93. The van der Waals surface area contributed by atoms with Gasteiger partial charge in [-0.2, -0.15) is 4.99 Å². The van der Waals surface area contributed by atoms with Gasteiger partial charge in [0.15, 0.2) is 10.3 Å². The molecule has 34 heavy (non-hydrogen) atoms. The number of nitrogens with two attached hydrogens (primary N) is 2. The summed E-state index contributed by atoms with van der Waals surface area (Å²) < 4.78 is 0.818. The number of piperidine rings is 1. The fraction of sp³-hybridized carbons (Fsp3) is 0.333. The van der Waals surface area contributed by atoms with Crippen LogP contribution >= 0.6 is 57.6 Å². The molecule has 1 aliphatic heterocycles. The summed E-state index contributed by atoms with van der Waals surface area (Å²) in [5.74, 6) is 0.319. The highest BCUT2D eigenvalue weighted by molar-refractivity contribution is 8.01. The Morgan fingerprint density at radius 3 is 2.62 bits per heavy atom. The lowest BCUT2D eigenvalue weighted by Gasteiger charge is -2.32. The molecule has 1 amide bonds.